The summed E-state index contributed by atoms with van der Waals surface area (Å²) in [7, 11) is 0. The summed E-state index contributed by atoms with van der Waals surface area (Å²) in [4.78, 5) is 15.8. The van der Waals surface area contributed by atoms with Gasteiger partial charge in [-0.2, -0.15) is 0 Å². The number of rotatable bonds is 7. The Hall–Kier alpha value is 0.550. The van der Waals surface area contributed by atoms with Gasteiger partial charge in [0.15, 0.2) is 3.79 Å². The molecular weight excluding hydrogens is 409 g/mol. The third-order valence-electron chi connectivity index (χ3n) is 3.17. The number of hydrogen-bond donors (Lipinski definition) is 1. The predicted octanol–water partition coefficient (Wildman–Crippen LogP) is 5.53. The molecule has 3 unspecified atom stereocenters. The fraction of sp³-hybridized carbons (Fsp3) is 0.692. The molecule has 0 bridgehead atoms. The number of thiazole rings is 1. The summed E-state index contributed by atoms with van der Waals surface area (Å²) in [6.07, 6.45) is 2.37. The molecule has 0 saturated carbocycles. The maximum Gasteiger partial charge on any atom is 0.220 e. The van der Waals surface area contributed by atoms with Gasteiger partial charge < -0.3 is 5.32 Å². The minimum absolute atomic E-state index is 0.147. The first-order chi connectivity index (χ1) is 10.1. The van der Waals surface area contributed by atoms with Crippen LogP contribution in [0.25, 0.3) is 0 Å². The van der Waals surface area contributed by atoms with E-state index >= 15 is 0 Å². The molecule has 1 aromatic heterocycles. The van der Waals surface area contributed by atoms with Crippen LogP contribution in [0.1, 0.15) is 37.7 Å². The van der Waals surface area contributed by atoms with Gasteiger partial charge in [0.1, 0.15) is 9.84 Å². The van der Waals surface area contributed by atoms with Crippen LogP contribution in [-0.2, 0) is 4.79 Å². The highest BCUT2D eigenvalue weighted by Gasteiger charge is 2.32. The van der Waals surface area contributed by atoms with E-state index in [9.17, 15) is 4.79 Å². The lowest BCUT2D eigenvalue weighted by Crippen LogP contribution is -2.33. The molecule has 1 aromatic rings. The molecule has 0 saturated heterocycles. The van der Waals surface area contributed by atoms with Crippen LogP contribution in [0.2, 0.25) is 0 Å². The Morgan fingerprint density at radius 1 is 1.36 bits per heavy atom. The first-order valence-electron chi connectivity index (χ1n) is 6.64. The van der Waals surface area contributed by atoms with E-state index in [1.165, 1.54) is 11.3 Å². The van der Waals surface area contributed by atoms with Crippen LogP contribution < -0.4 is 5.32 Å². The summed E-state index contributed by atoms with van der Waals surface area (Å²) in [5, 5.41) is 5.54. The summed E-state index contributed by atoms with van der Waals surface area (Å²) >= 11 is 30.7. The van der Waals surface area contributed by atoms with Gasteiger partial charge in [-0.3, -0.25) is 4.79 Å². The SMILES string of the molecule is CC(CC(=O)NC(CC(C)C(Cl)(Cl)Cl)c1nccs1)C(Cl)Cl. The lowest BCUT2D eigenvalue weighted by atomic mass is 10.0. The van der Waals surface area contributed by atoms with E-state index in [4.69, 9.17) is 58.0 Å². The van der Waals surface area contributed by atoms with Gasteiger partial charge in [-0.05, 0) is 12.3 Å². The Morgan fingerprint density at radius 2 is 2.00 bits per heavy atom. The molecule has 3 atom stereocenters. The molecule has 9 heteroatoms. The largest absolute Gasteiger partial charge is 0.347 e. The molecule has 0 aliphatic carbocycles. The van der Waals surface area contributed by atoms with Crippen molar-refractivity contribution in [3.8, 4) is 0 Å². The number of aromatic nitrogens is 1. The molecule has 1 N–H and O–H groups in total. The number of hydrogen-bond acceptors (Lipinski definition) is 3. The van der Waals surface area contributed by atoms with Gasteiger partial charge in [0.05, 0.1) is 6.04 Å². The predicted molar refractivity (Wildman–Crippen MR) is 96.3 cm³/mol. The monoisotopic (exact) mass is 424 g/mol. The average Bonchev–Trinajstić information content (AvgIpc) is 2.90. The van der Waals surface area contributed by atoms with Crippen molar-refractivity contribution in [1.29, 1.82) is 0 Å². The number of halogens is 5. The second kappa shape index (κ2) is 9.14. The standard InChI is InChI=1S/C13H17Cl5N2OS/c1-7(11(14)15)5-10(21)20-9(12-19-3-4-22-12)6-8(2)13(16,17)18/h3-4,7-9,11H,5-6H2,1-2H3,(H,20,21). The zero-order chi connectivity index (χ0) is 16.9. The third-order valence-corrected chi connectivity index (χ3v) is 6.04. The first kappa shape index (κ1) is 20.6. The molecule has 126 valence electrons. The Bertz CT molecular complexity index is 463. The maximum absolute atomic E-state index is 12.1. The second-order valence-corrected chi connectivity index (χ2v) is 9.64. The van der Waals surface area contributed by atoms with E-state index in [1.54, 1.807) is 6.20 Å². The summed E-state index contributed by atoms with van der Waals surface area (Å²) in [5.41, 5.74) is 0. The topological polar surface area (TPSA) is 42.0 Å². The number of carbonyl (C=O) groups excluding carboxylic acids is 1. The average molecular weight is 427 g/mol. The van der Waals surface area contributed by atoms with Crippen LogP contribution in [0.3, 0.4) is 0 Å². The third kappa shape index (κ3) is 6.98. The Balaban J connectivity index is 2.74. The van der Waals surface area contributed by atoms with Crippen molar-refractivity contribution in [2.75, 3.05) is 0 Å². The van der Waals surface area contributed by atoms with Gasteiger partial charge in [0.25, 0.3) is 0 Å². The van der Waals surface area contributed by atoms with Gasteiger partial charge in [-0.25, -0.2) is 4.98 Å². The highest BCUT2D eigenvalue weighted by atomic mass is 35.6. The van der Waals surface area contributed by atoms with Crippen LogP contribution in [-0.4, -0.2) is 19.5 Å². The molecule has 0 radical (unpaired) electrons. The highest BCUT2D eigenvalue weighted by molar-refractivity contribution is 7.09. The molecule has 22 heavy (non-hydrogen) atoms. The molecule has 0 spiro atoms. The highest BCUT2D eigenvalue weighted by Crippen LogP contribution is 2.39. The molecule has 1 rings (SSSR count). The number of amides is 1. The zero-order valence-corrected chi connectivity index (χ0v) is 16.6. The number of nitrogens with zero attached hydrogens (tertiary/aromatic N) is 1. The Kier molecular flexibility index (Phi) is 8.56. The number of alkyl halides is 5. The van der Waals surface area contributed by atoms with Crippen molar-refractivity contribution in [1.82, 2.24) is 10.3 Å². The van der Waals surface area contributed by atoms with Crippen LogP contribution >= 0.6 is 69.3 Å². The van der Waals surface area contributed by atoms with Crippen LogP contribution in [0.5, 0.6) is 0 Å². The van der Waals surface area contributed by atoms with Crippen molar-refractivity contribution >= 4 is 75.2 Å². The molecule has 1 heterocycles. The maximum atomic E-state index is 12.1. The quantitative estimate of drug-likeness (QED) is 0.583. The van der Waals surface area contributed by atoms with Crippen molar-refractivity contribution in [3.05, 3.63) is 16.6 Å². The smallest absolute Gasteiger partial charge is 0.220 e. The Morgan fingerprint density at radius 3 is 2.45 bits per heavy atom. The molecule has 0 aliphatic heterocycles. The fourth-order valence-corrected chi connectivity index (χ4v) is 2.90. The summed E-state index contributed by atoms with van der Waals surface area (Å²) in [6.45, 7) is 3.63. The van der Waals surface area contributed by atoms with Crippen molar-refractivity contribution < 1.29 is 4.79 Å². The van der Waals surface area contributed by atoms with Crippen LogP contribution in [0.15, 0.2) is 11.6 Å². The number of nitrogens with one attached hydrogen (secondary N) is 1. The van der Waals surface area contributed by atoms with E-state index in [1.807, 2.05) is 19.2 Å². The molecule has 0 aromatic carbocycles. The van der Waals surface area contributed by atoms with Crippen molar-refractivity contribution in [3.63, 3.8) is 0 Å². The fourth-order valence-electron chi connectivity index (χ4n) is 1.75. The molecule has 0 aliphatic rings. The summed E-state index contributed by atoms with van der Waals surface area (Å²) in [5.74, 6) is -0.556. The summed E-state index contributed by atoms with van der Waals surface area (Å²) < 4.78 is -1.40. The van der Waals surface area contributed by atoms with Gasteiger partial charge in [-0.1, -0.05) is 48.7 Å². The van der Waals surface area contributed by atoms with Gasteiger partial charge >= 0.3 is 0 Å². The molecule has 3 nitrogen and oxygen atoms in total. The van der Waals surface area contributed by atoms with E-state index < -0.39 is 8.63 Å². The van der Waals surface area contributed by atoms with Crippen LogP contribution in [0.4, 0.5) is 0 Å². The Labute approximate surface area is 159 Å². The minimum Gasteiger partial charge on any atom is -0.347 e. The van der Waals surface area contributed by atoms with Gasteiger partial charge in [0.2, 0.25) is 5.91 Å². The second-order valence-electron chi connectivity index (χ2n) is 5.18. The zero-order valence-electron chi connectivity index (χ0n) is 12.0. The van der Waals surface area contributed by atoms with Gasteiger partial charge in [0, 0.05) is 23.9 Å². The minimum atomic E-state index is -1.40. The van der Waals surface area contributed by atoms with Crippen molar-refractivity contribution in [2.24, 2.45) is 11.8 Å². The molecule has 0 fully saturated rings. The first-order valence-corrected chi connectivity index (χ1v) is 9.53. The number of carbonyl (C=O) groups is 1. The van der Waals surface area contributed by atoms with Gasteiger partial charge in [-0.15, -0.1) is 34.5 Å². The van der Waals surface area contributed by atoms with E-state index in [2.05, 4.69) is 10.3 Å². The lowest BCUT2D eigenvalue weighted by Gasteiger charge is -2.25. The molecular formula is C13H17Cl5N2OS. The van der Waals surface area contributed by atoms with E-state index in [0.717, 1.165) is 5.01 Å². The van der Waals surface area contributed by atoms with Crippen LogP contribution in [0, 0.1) is 11.8 Å². The summed E-state index contributed by atoms with van der Waals surface area (Å²) in [6, 6.07) is -0.311. The van der Waals surface area contributed by atoms with E-state index in [-0.39, 0.29) is 30.2 Å². The van der Waals surface area contributed by atoms with E-state index in [0.29, 0.717) is 6.42 Å². The molecule has 1 amide bonds. The van der Waals surface area contributed by atoms with Crippen molar-refractivity contribution in [2.45, 2.75) is 41.4 Å². The normalized spacial score (nSPS) is 16.4. The lowest BCUT2D eigenvalue weighted by molar-refractivity contribution is -0.122.